The molecule has 0 saturated heterocycles. The highest BCUT2D eigenvalue weighted by Crippen LogP contribution is 2.38. The Morgan fingerprint density at radius 2 is 1.72 bits per heavy atom. The van der Waals surface area contributed by atoms with Crippen LogP contribution in [0.1, 0.15) is 30.0 Å². The minimum atomic E-state index is -4.47. The molecule has 0 fully saturated rings. The van der Waals surface area contributed by atoms with Crippen LogP contribution in [0.3, 0.4) is 0 Å². The van der Waals surface area contributed by atoms with Crippen molar-refractivity contribution in [3.05, 3.63) is 71.3 Å². The molecule has 1 aliphatic heterocycles. The predicted octanol–water partition coefficient (Wildman–Crippen LogP) is 3.51. The van der Waals surface area contributed by atoms with Crippen LogP contribution < -0.4 is 0 Å². The molecule has 1 atom stereocenters. The number of halogens is 3. The van der Waals surface area contributed by atoms with Gasteiger partial charge in [0.05, 0.1) is 11.3 Å². The van der Waals surface area contributed by atoms with E-state index in [4.69, 9.17) is 0 Å². The minimum absolute atomic E-state index is 0.0119. The maximum absolute atomic E-state index is 12.7. The van der Waals surface area contributed by atoms with Crippen molar-refractivity contribution in [3.63, 3.8) is 0 Å². The molecule has 1 amide bonds. The molecule has 1 aliphatic rings. The van der Waals surface area contributed by atoms with E-state index in [0.29, 0.717) is 5.71 Å². The molecule has 2 aromatic carbocycles. The van der Waals surface area contributed by atoms with E-state index in [1.54, 1.807) is 24.3 Å². The monoisotopic (exact) mass is 348 g/mol. The van der Waals surface area contributed by atoms with Crippen LogP contribution in [0.4, 0.5) is 13.2 Å². The van der Waals surface area contributed by atoms with E-state index in [-0.39, 0.29) is 12.0 Å². The summed E-state index contributed by atoms with van der Waals surface area (Å²) in [5.74, 6) is -0.506. The van der Waals surface area contributed by atoms with Crippen LogP contribution in [0.15, 0.2) is 59.7 Å². The van der Waals surface area contributed by atoms with Gasteiger partial charge in [0, 0.05) is 18.9 Å². The average Bonchev–Trinajstić information content (AvgIpc) is 2.94. The summed E-state index contributed by atoms with van der Waals surface area (Å²) in [5.41, 5.74) is -1.25. The number of nitrogens with zero attached hydrogens (tertiary/aromatic N) is 2. The van der Waals surface area contributed by atoms with Gasteiger partial charge in [-0.15, -0.1) is 0 Å². The second-order valence-corrected chi connectivity index (χ2v) is 5.81. The van der Waals surface area contributed by atoms with E-state index in [1.807, 2.05) is 6.07 Å². The first kappa shape index (κ1) is 17.2. The molecule has 0 bridgehead atoms. The highest BCUT2D eigenvalue weighted by molar-refractivity contribution is 6.03. The molecule has 2 aromatic rings. The number of carbonyl (C=O) groups is 1. The normalized spacial score (nSPS) is 20.5. The van der Waals surface area contributed by atoms with Gasteiger partial charge in [-0.25, -0.2) is 0 Å². The van der Waals surface area contributed by atoms with Crippen molar-refractivity contribution in [2.24, 2.45) is 5.10 Å². The van der Waals surface area contributed by atoms with E-state index in [1.165, 1.54) is 19.1 Å². The second-order valence-electron chi connectivity index (χ2n) is 5.81. The van der Waals surface area contributed by atoms with Gasteiger partial charge in [0.25, 0.3) is 0 Å². The summed E-state index contributed by atoms with van der Waals surface area (Å²) >= 11 is 0. The van der Waals surface area contributed by atoms with Gasteiger partial charge in [-0.2, -0.15) is 23.3 Å². The number of benzene rings is 2. The third-order valence-electron chi connectivity index (χ3n) is 4.06. The first-order valence-corrected chi connectivity index (χ1v) is 7.55. The molecule has 0 spiro atoms. The quantitative estimate of drug-likeness (QED) is 0.903. The Hall–Kier alpha value is -2.67. The molecule has 3 rings (SSSR count). The zero-order valence-electron chi connectivity index (χ0n) is 13.3. The van der Waals surface area contributed by atoms with Crippen molar-refractivity contribution in [2.75, 3.05) is 0 Å². The number of aliphatic hydroxyl groups is 1. The number of hydrazone groups is 1. The summed E-state index contributed by atoms with van der Waals surface area (Å²) < 4.78 is 38.2. The Labute approximate surface area is 142 Å². The molecule has 1 N–H and O–H groups in total. The average molecular weight is 348 g/mol. The maximum Gasteiger partial charge on any atom is 0.416 e. The van der Waals surface area contributed by atoms with Crippen LogP contribution in [-0.4, -0.2) is 21.7 Å². The molecule has 7 heteroatoms. The van der Waals surface area contributed by atoms with Gasteiger partial charge >= 0.3 is 6.18 Å². The molecular weight excluding hydrogens is 333 g/mol. The Morgan fingerprint density at radius 1 is 1.12 bits per heavy atom. The van der Waals surface area contributed by atoms with Crippen LogP contribution in [0.25, 0.3) is 0 Å². The lowest BCUT2D eigenvalue weighted by molar-refractivity contribution is -0.155. The largest absolute Gasteiger partial charge is 0.416 e. The smallest absolute Gasteiger partial charge is 0.365 e. The lowest BCUT2D eigenvalue weighted by atomic mass is 9.94. The van der Waals surface area contributed by atoms with Crippen LogP contribution in [0.2, 0.25) is 0 Å². The summed E-state index contributed by atoms with van der Waals surface area (Å²) in [6.07, 6.45) is -4.48. The van der Waals surface area contributed by atoms with Gasteiger partial charge in [-0.3, -0.25) is 4.79 Å². The van der Waals surface area contributed by atoms with Crippen molar-refractivity contribution in [2.45, 2.75) is 25.2 Å². The van der Waals surface area contributed by atoms with E-state index in [0.717, 1.165) is 22.7 Å². The minimum Gasteiger partial charge on any atom is -0.365 e. The van der Waals surface area contributed by atoms with Crippen LogP contribution >= 0.6 is 0 Å². The third-order valence-corrected chi connectivity index (χ3v) is 4.06. The number of hydrogen-bond acceptors (Lipinski definition) is 3. The maximum atomic E-state index is 12.7. The van der Waals surface area contributed by atoms with Crippen LogP contribution in [0.5, 0.6) is 0 Å². The predicted molar refractivity (Wildman–Crippen MR) is 85.5 cm³/mol. The van der Waals surface area contributed by atoms with Crippen molar-refractivity contribution in [3.8, 4) is 0 Å². The molecule has 1 unspecified atom stereocenters. The zero-order chi connectivity index (χ0) is 18.2. The fourth-order valence-corrected chi connectivity index (χ4v) is 2.82. The van der Waals surface area contributed by atoms with Gasteiger partial charge in [0.15, 0.2) is 5.72 Å². The molecule has 0 radical (unpaired) electrons. The number of carbonyl (C=O) groups excluding carboxylic acids is 1. The summed E-state index contributed by atoms with van der Waals surface area (Å²) in [4.78, 5) is 11.9. The molecular formula is C18H15F3N2O2. The Balaban J connectivity index is 1.98. The summed E-state index contributed by atoms with van der Waals surface area (Å²) in [7, 11) is 0. The fraction of sp³-hybridized carbons (Fsp3) is 0.222. The summed E-state index contributed by atoms with van der Waals surface area (Å²) in [5, 5.41) is 16.1. The lowest BCUT2D eigenvalue weighted by Gasteiger charge is -2.30. The molecule has 1 heterocycles. The first-order chi connectivity index (χ1) is 11.7. The third kappa shape index (κ3) is 3.15. The lowest BCUT2D eigenvalue weighted by Crippen LogP contribution is -2.42. The van der Waals surface area contributed by atoms with Crippen molar-refractivity contribution >= 4 is 11.6 Å². The van der Waals surface area contributed by atoms with Gasteiger partial charge in [0.2, 0.25) is 5.91 Å². The molecule has 0 saturated carbocycles. The molecule has 130 valence electrons. The van der Waals surface area contributed by atoms with E-state index in [2.05, 4.69) is 5.10 Å². The topological polar surface area (TPSA) is 52.9 Å². The SMILES string of the molecule is CC(=O)N1N=C(c2ccccc2)CC1(O)c1ccc(C(F)(F)F)cc1. The van der Waals surface area contributed by atoms with Crippen molar-refractivity contribution < 1.29 is 23.1 Å². The standard InChI is InChI=1S/C18H15F3N2O2/c1-12(24)23-17(25,11-16(22-23)13-5-3-2-4-6-13)14-7-9-15(10-8-14)18(19,20)21/h2-10,25H,11H2,1H3. The first-order valence-electron chi connectivity index (χ1n) is 7.55. The van der Waals surface area contributed by atoms with Gasteiger partial charge < -0.3 is 5.11 Å². The van der Waals surface area contributed by atoms with Gasteiger partial charge in [0.1, 0.15) is 0 Å². The van der Waals surface area contributed by atoms with E-state index in [9.17, 15) is 23.1 Å². The number of amides is 1. The summed E-state index contributed by atoms with van der Waals surface area (Å²) in [6.45, 7) is 1.24. The molecule has 25 heavy (non-hydrogen) atoms. The van der Waals surface area contributed by atoms with Gasteiger partial charge in [-0.1, -0.05) is 42.5 Å². The number of alkyl halides is 3. The Kier molecular flexibility index (Phi) is 4.12. The number of rotatable bonds is 2. The highest BCUT2D eigenvalue weighted by Gasteiger charge is 2.45. The fourth-order valence-electron chi connectivity index (χ4n) is 2.82. The van der Waals surface area contributed by atoms with Gasteiger partial charge in [-0.05, 0) is 17.7 Å². The van der Waals surface area contributed by atoms with Crippen molar-refractivity contribution in [1.82, 2.24) is 5.01 Å². The zero-order valence-corrected chi connectivity index (χ0v) is 13.3. The van der Waals surface area contributed by atoms with E-state index < -0.39 is 23.4 Å². The molecule has 4 nitrogen and oxygen atoms in total. The second kappa shape index (κ2) is 6.00. The van der Waals surface area contributed by atoms with Crippen molar-refractivity contribution in [1.29, 1.82) is 0 Å². The molecule has 0 aliphatic carbocycles. The van der Waals surface area contributed by atoms with Crippen LogP contribution in [-0.2, 0) is 16.7 Å². The Bertz CT molecular complexity index is 816. The number of hydrogen-bond donors (Lipinski definition) is 1. The highest BCUT2D eigenvalue weighted by atomic mass is 19.4. The van der Waals surface area contributed by atoms with E-state index >= 15 is 0 Å². The Morgan fingerprint density at radius 3 is 2.24 bits per heavy atom. The summed E-state index contributed by atoms with van der Waals surface area (Å²) in [6, 6.07) is 13.1. The van der Waals surface area contributed by atoms with Crippen LogP contribution in [0, 0.1) is 0 Å². The molecule has 0 aromatic heterocycles.